The molecule has 0 atom stereocenters. The average molecular weight is 533 g/mol. The summed E-state index contributed by atoms with van der Waals surface area (Å²) in [5.41, 5.74) is 9.60. The summed E-state index contributed by atoms with van der Waals surface area (Å²) >= 11 is 0. The van der Waals surface area contributed by atoms with Crippen LogP contribution in [0.15, 0.2) is 65.1 Å². The number of carbonyl (C=O) groups is 2. The van der Waals surface area contributed by atoms with E-state index in [1.165, 1.54) is 6.07 Å². The number of nitrogens with two attached hydrogens (primary N) is 1. The molecule has 8 nitrogen and oxygen atoms in total. The third-order valence-electron chi connectivity index (χ3n) is 7.62. The van der Waals surface area contributed by atoms with Gasteiger partial charge in [0.05, 0.1) is 13.1 Å². The third kappa shape index (κ3) is 4.90. The normalized spacial score (nSPS) is 22.3. The highest BCUT2D eigenvalue weighted by molar-refractivity contribution is 7.91. The molecule has 1 aromatic heterocycles. The van der Waals surface area contributed by atoms with Crippen LogP contribution in [0.5, 0.6) is 0 Å². The van der Waals surface area contributed by atoms with Crippen LogP contribution >= 0.6 is 0 Å². The van der Waals surface area contributed by atoms with E-state index in [4.69, 9.17) is 10.2 Å². The predicted octanol–water partition coefficient (Wildman–Crippen LogP) is 2.82. The lowest BCUT2D eigenvalue weighted by molar-refractivity contribution is -0.780. The Kier molecular flexibility index (Phi) is 6.73. The summed E-state index contributed by atoms with van der Waals surface area (Å²) < 4.78 is 29.3. The van der Waals surface area contributed by atoms with E-state index in [9.17, 15) is 18.0 Å². The molecule has 196 valence electrons. The topological polar surface area (TPSA) is 119 Å². The molecule has 2 amide bonds. The van der Waals surface area contributed by atoms with Gasteiger partial charge in [0.2, 0.25) is 5.76 Å². The number of quaternary nitrogens is 1. The number of furan rings is 1. The zero-order valence-corrected chi connectivity index (χ0v) is 22.0. The van der Waals surface area contributed by atoms with E-state index in [-0.39, 0.29) is 24.3 Å². The minimum atomic E-state index is -3.64. The molecule has 9 heteroatoms. The van der Waals surface area contributed by atoms with Crippen LogP contribution in [0, 0.1) is 11.8 Å². The number of nitrogens with zero attached hydrogens (tertiary/aromatic N) is 1. The summed E-state index contributed by atoms with van der Waals surface area (Å²) in [5.74, 6) is 4.30. The van der Waals surface area contributed by atoms with Crippen LogP contribution in [0.25, 0.3) is 0 Å². The Labute approximate surface area is 222 Å². The molecule has 0 saturated carbocycles. The Hall–Kier alpha value is -3.71. The molecule has 0 radical (unpaired) electrons. The number of nitrogens with one attached hydrogen (secondary N) is 1. The van der Waals surface area contributed by atoms with Gasteiger partial charge in [-0.2, -0.15) is 4.48 Å². The van der Waals surface area contributed by atoms with E-state index >= 15 is 0 Å². The molecule has 3 heterocycles. The van der Waals surface area contributed by atoms with E-state index in [1.807, 2.05) is 42.5 Å². The van der Waals surface area contributed by atoms with Gasteiger partial charge in [-0.3, -0.25) is 0 Å². The number of amides is 2. The molecule has 3 aromatic rings. The van der Waals surface area contributed by atoms with Crippen molar-refractivity contribution in [2.75, 3.05) is 37.0 Å². The zero-order chi connectivity index (χ0) is 27.0. The van der Waals surface area contributed by atoms with Crippen molar-refractivity contribution in [3.05, 3.63) is 88.9 Å². The van der Waals surface area contributed by atoms with Crippen molar-refractivity contribution in [2.45, 2.75) is 24.8 Å². The van der Waals surface area contributed by atoms with Crippen LogP contribution < -0.4 is 11.1 Å². The summed E-state index contributed by atoms with van der Waals surface area (Å²) in [6.07, 6.45) is 2.07. The average Bonchev–Trinajstić information content (AvgIpc) is 3.52. The Morgan fingerprint density at radius 3 is 2.47 bits per heavy atom. The number of hydrogen-bond acceptors (Lipinski definition) is 7. The van der Waals surface area contributed by atoms with Crippen molar-refractivity contribution in [3.8, 4) is 11.8 Å². The lowest BCUT2D eigenvalue weighted by Crippen LogP contribution is -2.64. The highest BCUT2D eigenvalue weighted by Crippen LogP contribution is 2.46. The standard InChI is InChI=1S/C29H30N3O5S/c1-38(35,36)19-27(33)32(28(34)26-12-10-23(37-26)9-7-21-5-3-2-4-6-21)15-13-29(14-16-32)20-31-25-11-8-22(18-30)17-24(25)29/h2-6,8,10-12,17,31H,13-16,18-20,30H2,1H3/q+1. The Balaban J connectivity index is 1.45. The van der Waals surface area contributed by atoms with Crippen molar-refractivity contribution in [1.29, 1.82) is 0 Å². The Morgan fingerprint density at radius 1 is 1.05 bits per heavy atom. The number of rotatable bonds is 4. The maximum atomic E-state index is 13.9. The number of fused-ring (bicyclic) bond motifs is 2. The number of carbonyl (C=O) groups excluding carboxylic acids is 2. The molecule has 0 unspecified atom stereocenters. The molecule has 2 aliphatic rings. The van der Waals surface area contributed by atoms with Gasteiger partial charge in [-0.25, -0.2) is 18.0 Å². The smallest absolute Gasteiger partial charge is 0.388 e. The maximum Gasteiger partial charge on any atom is 0.388 e. The lowest BCUT2D eigenvalue weighted by atomic mass is 9.73. The molecule has 2 aliphatic heterocycles. The summed E-state index contributed by atoms with van der Waals surface area (Å²) in [4.78, 5) is 27.4. The first-order valence-corrected chi connectivity index (χ1v) is 14.6. The number of sulfone groups is 1. The van der Waals surface area contributed by atoms with Crippen LogP contribution in [0.1, 0.15) is 45.8 Å². The van der Waals surface area contributed by atoms with Gasteiger partial charge in [-0.1, -0.05) is 36.3 Å². The van der Waals surface area contributed by atoms with Gasteiger partial charge in [0.15, 0.2) is 21.4 Å². The van der Waals surface area contributed by atoms with E-state index in [0.29, 0.717) is 31.7 Å². The Morgan fingerprint density at radius 2 is 1.79 bits per heavy atom. The van der Waals surface area contributed by atoms with Gasteiger partial charge >= 0.3 is 11.8 Å². The second kappa shape index (κ2) is 9.87. The molecule has 5 rings (SSSR count). The van der Waals surface area contributed by atoms with Gasteiger partial charge in [-0.05, 0) is 47.4 Å². The molecule has 1 spiro atoms. The predicted molar refractivity (Wildman–Crippen MR) is 144 cm³/mol. The number of likely N-dealkylation sites (tertiary alicyclic amines) is 1. The van der Waals surface area contributed by atoms with Gasteiger partial charge in [0, 0.05) is 48.9 Å². The van der Waals surface area contributed by atoms with Crippen molar-refractivity contribution < 1.29 is 26.9 Å². The first-order valence-electron chi connectivity index (χ1n) is 12.5. The highest BCUT2D eigenvalue weighted by Gasteiger charge is 2.55. The van der Waals surface area contributed by atoms with Gasteiger partial charge in [-0.15, -0.1) is 0 Å². The minimum absolute atomic E-state index is 0.00414. The first-order chi connectivity index (χ1) is 18.1. The minimum Gasteiger partial charge on any atom is -0.438 e. The van der Waals surface area contributed by atoms with Crippen molar-refractivity contribution in [3.63, 3.8) is 0 Å². The quantitative estimate of drug-likeness (QED) is 0.392. The number of anilines is 1. The molecule has 1 fully saturated rings. The number of imide groups is 1. The Bertz CT molecular complexity index is 1560. The molecular formula is C29H30N3O5S+. The molecule has 1 saturated heterocycles. The van der Waals surface area contributed by atoms with Gasteiger partial charge < -0.3 is 15.5 Å². The van der Waals surface area contributed by atoms with E-state index in [0.717, 1.165) is 28.6 Å². The van der Waals surface area contributed by atoms with Gasteiger partial charge in [0.1, 0.15) is 0 Å². The van der Waals surface area contributed by atoms with Crippen LogP contribution in [0.2, 0.25) is 0 Å². The van der Waals surface area contributed by atoms with E-state index < -0.39 is 31.9 Å². The van der Waals surface area contributed by atoms with Crippen LogP contribution in [0.3, 0.4) is 0 Å². The van der Waals surface area contributed by atoms with Crippen LogP contribution in [0.4, 0.5) is 5.69 Å². The van der Waals surface area contributed by atoms with E-state index in [2.05, 4.69) is 23.2 Å². The molecule has 2 aromatic carbocycles. The second-order valence-electron chi connectivity index (χ2n) is 10.2. The summed E-state index contributed by atoms with van der Waals surface area (Å²) in [5, 5.41) is 3.45. The SMILES string of the molecule is CS(=O)(=O)CC(=O)[N+]1(C(=O)c2ccc(C#Cc3ccccc3)o2)CCC2(CC1)CNc1ccc(CN)cc12. The summed E-state index contributed by atoms with van der Waals surface area (Å²) in [6, 6.07) is 18.6. The third-order valence-corrected chi connectivity index (χ3v) is 8.40. The van der Waals surface area contributed by atoms with E-state index in [1.54, 1.807) is 6.07 Å². The zero-order valence-electron chi connectivity index (χ0n) is 21.2. The first kappa shape index (κ1) is 25.9. The lowest BCUT2D eigenvalue weighted by Gasteiger charge is -2.43. The largest absolute Gasteiger partial charge is 0.438 e. The molecular weight excluding hydrogens is 502 g/mol. The molecule has 0 bridgehead atoms. The van der Waals surface area contributed by atoms with Crippen LogP contribution in [-0.2, 0) is 26.6 Å². The fourth-order valence-corrected chi connectivity index (χ4v) is 6.16. The summed E-state index contributed by atoms with van der Waals surface area (Å²) in [7, 11) is -3.64. The maximum absolute atomic E-state index is 13.9. The molecule has 3 N–H and O–H groups in total. The second-order valence-corrected chi connectivity index (χ2v) is 12.3. The monoisotopic (exact) mass is 532 g/mol. The number of piperidine rings is 1. The molecule has 38 heavy (non-hydrogen) atoms. The number of benzene rings is 2. The summed E-state index contributed by atoms with van der Waals surface area (Å²) in [6.45, 7) is 1.45. The van der Waals surface area contributed by atoms with Crippen molar-refractivity contribution >= 4 is 27.3 Å². The van der Waals surface area contributed by atoms with Crippen molar-refractivity contribution in [2.24, 2.45) is 5.73 Å². The van der Waals surface area contributed by atoms with Gasteiger partial charge in [0.25, 0.3) is 0 Å². The van der Waals surface area contributed by atoms with Crippen LogP contribution in [-0.4, -0.2) is 56.4 Å². The highest BCUT2D eigenvalue weighted by atomic mass is 32.2. The number of hydrogen-bond donors (Lipinski definition) is 2. The van der Waals surface area contributed by atoms with Crippen molar-refractivity contribution in [1.82, 2.24) is 0 Å². The molecule has 0 aliphatic carbocycles. The fraction of sp³-hybridized carbons (Fsp3) is 0.310. The fourth-order valence-electron chi connectivity index (χ4n) is 5.46.